The molecule has 0 radical (unpaired) electrons. The van der Waals surface area contributed by atoms with Gasteiger partial charge < -0.3 is 5.32 Å². The van der Waals surface area contributed by atoms with E-state index in [4.69, 9.17) is 5.26 Å². The molecule has 0 spiro atoms. The highest BCUT2D eigenvalue weighted by atomic mass is 35.5. The van der Waals surface area contributed by atoms with Crippen molar-refractivity contribution in [1.29, 1.82) is 5.26 Å². The zero-order valence-corrected chi connectivity index (χ0v) is 9.05. The molecule has 1 N–H and O–H groups in total. The highest BCUT2D eigenvalue weighted by Crippen LogP contribution is 2.04. The summed E-state index contributed by atoms with van der Waals surface area (Å²) < 4.78 is 0. The summed E-state index contributed by atoms with van der Waals surface area (Å²) in [6.45, 7) is 0. The maximum atomic E-state index is 8.56. The van der Waals surface area contributed by atoms with Crippen LogP contribution in [-0.4, -0.2) is 13.1 Å². The van der Waals surface area contributed by atoms with E-state index in [-0.39, 0.29) is 18.4 Å². The van der Waals surface area contributed by atoms with Gasteiger partial charge in [0, 0.05) is 6.04 Å². The average molecular weight is 211 g/mol. The maximum Gasteiger partial charge on any atom is 0.0638 e. The molecule has 0 bridgehead atoms. The number of nitrogens with zero attached hydrogens (tertiary/aromatic N) is 1. The molecule has 0 fully saturated rings. The van der Waals surface area contributed by atoms with Crippen molar-refractivity contribution in [2.24, 2.45) is 0 Å². The van der Waals surface area contributed by atoms with Crippen LogP contribution in [-0.2, 0) is 6.42 Å². The Hall–Kier alpha value is -1.04. The molecule has 1 rings (SSSR count). The Bertz CT molecular complexity index is 279. The fourth-order valence-electron chi connectivity index (χ4n) is 1.29. The number of likely N-dealkylation sites (N-methyl/N-ethyl adjacent to an activating group) is 1. The number of benzene rings is 1. The second kappa shape index (κ2) is 7.37. The Morgan fingerprint density at radius 3 is 2.50 bits per heavy atom. The van der Waals surface area contributed by atoms with Crippen molar-refractivity contribution in [3.63, 3.8) is 0 Å². The first-order chi connectivity index (χ1) is 6.36. The minimum atomic E-state index is 0. The first kappa shape index (κ1) is 13.0. The summed E-state index contributed by atoms with van der Waals surface area (Å²) in [5.41, 5.74) is 1.28. The summed E-state index contributed by atoms with van der Waals surface area (Å²) >= 11 is 0. The van der Waals surface area contributed by atoms with Crippen LogP contribution in [0.5, 0.6) is 0 Å². The number of hydrogen-bond donors (Lipinski definition) is 1. The Morgan fingerprint density at radius 1 is 1.36 bits per heavy atom. The zero-order valence-electron chi connectivity index (χ0n) is 8.23. The average Bonchev–Trinajstić information content (AvgIpc) is 2.19. The summed E-state index contributed by atoms with van der Waals surface area (Å²) in [7, 11) is 1.89. The molecular weight excluding hydrogens is 196 g/mol. The van der Waals surface area contributed by atoms with E-state index in [2.05, 4.69) is 23.5 Å². The molecule has 1 atom stereocenters. The van der Waals surface area contributed by atoms with Gasteiger partial charge in [0.25, 0.3) is 0 Å². The van der Waals surface area contributed by atoms with Gasteiger partial charge in [-0.3, -0.25) is 0 Å². The Balaban J connectivity index is 0.00000169. The third kappa shape index (κ3) is 4.27. The first-order valence-electron chi connectivity index (χ1n) is 4.45. The molecule has 0 amide bonds. The molecule has 1 aromatic carbocycles. The molecular formula is C11H15ClN2. The van der Waals surface area contributed by atoms with Gasteiger partial charge in [-0.15, -0.1) is 12.4 Å². The number of nitrogens with one attached hydrogen (secondary N) is 1. The number of nitriles is 1. The van der Waals surface area contributed by atoms with Gasteiger partial charge in [-0.1, -0.05) is 30.3 Å². The van der Waals surface area contributed by atoms with Crippen LogP contribution < -0.4 is 5.32 Å². The van der Waals surface area contributed by atoms with Crippen LogP contribution in [0.1, 0.15) is 12.0 Å². The molecule has 0 heterocycles. The van der Waals surface area contributed by atoms with Crippen LogP contribution in [0.25, 0.3) is 0 Å². The normalized spacial score (nSPS) is 11.1. The van der Waals surface area contributed by atoms with E-state index < -0.39 is 0 Å². The minimum Gasteiger partial charge on any atom is -0.316 e. The van der Waals surface area contributed by atoms with Crippen LogP contribution in [0.3, 0.4) is 0 Å². The summed E-state index contributed by atoms with van der Waals surface area (Å²) in [6, 6.07) is 12.7. The molecule has 1 aromatic rings. The number of rotatable bonds is 4. The van der Waals surface area contributed by atoms with Gasteiger partial charge in [-0.25, -0.2) is 0 Å². The van der Waals surface area contributed by atoms with E-state index in [1.165, 1.54) is 5.56 Å². The predicted molar refractivity (Wildman–Crippen MR) is 60.5 cm³/mol. The lowest BCUT2D eigenvalue weighted by atomic mass is 10.0. The fourth-order valence-corrected chi connectivity index (χ4v) is 1.29. The SMILES string of the molecule is CNC(CC#N)Cc1ccccc1.Cl. The smallest absolute Gasteiger partial charge is 0.0638 e. The highest BCUT2D eigenvalue weighted by molar-refractivity contribution is 5.85. The van der Waals surface area contributed by atoms with Crippen molar-refractivity contribution >= 4 is 12.4 Å². The molecule has 2 nitrogen and oxygen atoms in total. The summed E-state index contributed by atoms with van der Waals surface area (Å²) in [6.07, 6.45) is 1.48. The van der Waals surface area contributed by atoms with Crippen molar-refractivity contribution in [3.8, 4) is 6.07 Å². The lowest BCUT2D eigenvalue weighted by Gasteiger charge is -2.11. The summed E-state index contributed by atoms with van der Waals surface area (Å²) in [5, 5.41) is 11.7. The van der Waals surface area contributed by atoms with Gasteiger partial charge in [0.05, 0.1) is 12.5 Å². The Morgan fingerprint density at radius 2 is 2.00 bits per heavy atom. The van der Waals surface area contributed by atoms with Crippen molar-refractivity contribution in [1.82, 2.24) is 5.32 Å². The molecule has 0 aliphatic heterocycles. The predicted octanol–water partition coefficient (Wildman–Crippen LogP) is 2.15. The molecule has 0 aromatic heterocycles. The van der Waals surface area contributed by atoms with Crippen LogP contribution >= 0.6 is 12.4 Å². The molecule has 0 saturated heterocycles. The van der Waals surface area contributed by atoms with Gasteiger partial charge in [-0.05, 0) is 19.0 Å². The third-order valence-corrected chi connectivity index (χ3v) is 2.07. The molecule has 0 aliphatic carbocycles. The third-order valence-electron chi connectivity index (χ3n) is 2.07. The van der Waals surface area contributed by atoms with Crippen molar-refractivity contribution < 1.29 is 0 Å². The molecule has 1 unspecified atom stereocenters. The summed E-state index contributed by atoms with van der Waals surface area (Å²) in [5.74, 6) is 0. The topological polar surface area (TPSA) is 35.8 Å². The van der Waals surface area contributed by atoms with E-state index in [9.17, 15) is 0 Å². The van der Waals surface area contributed by atoms with Gasteiger partial charge in [0.2, 0.25) is 0 Å². The molecule has 14 heavy (non-hydrogen) atoms. The maximum absolute atomic E-state index is 8.56. The van der Waals surface area contributed by atoms with E-state index in [1.807, 2.05) is 25.2 Å². The zero-order chi connectivity index (χ0) is 9.52. The van der Waals surface area contributed by atoms with E-state index in [1.54, 1.807) is 0 Å². The van der Waals surface area contributed by atoms with Crippen molar-refractivity contribution in [3.05, 3.63) is 35.9 Å². The highest BCUT2D eigenvalue weighted by Gasteiger charge is 2.05. The molecule has 0 aliphatic rings. The minimum absolute atomic E-state index is 0. The second-order valence-electron chi connectivity index (χ2n) is 3.04. The van der Waals surface area contributed by atoms with E-state index in [0.29, 0.717) is 6.42 Å². The lowest BCUT2D eigenvalue weighted by Crippen LogP contribution is -2.26. The van der Waals surface area contributed by atoms with Crippen LogP contribution in [0.4, 0.5) is 0 Å². The lowest BCUT2D eigenvalue weighted by molar-refractivity contribution is 0.570. The van der Waals surface area contributed by atoms with Crippen LogP contribution in [0.15, 0.2) is 30.3 Å². The molecule has 0 saturated carbocycles. The molecule has 3 heteroatoms. The first-order valence-corrected chi connectivity index (χ1v) is 4.45. The van der Waals surface area contributed by atoms with Crippen LogP contribution in [0, 0.1) is 11.3 Å². The van der Waals surface area contributed by atoms with Gasteiger partial charge in [0.1, 0.15) is 0 Å². The summed E-state index contributed by atoms with van der Waals surface area (Å²) in [4.78, 5) is 0. The van der Waals surface area contributed by atoms with Crippen molar-refractivity contribution in [2.75, 3.05) is 7.05 Å². The largest absolute Gasteiger partial charge is 0.316 e. The Labute approximate surface area is 91.4 Å². The molecule has 76 valence electrons. The number of halogens is 1. The van der Waals surface area contributed by atoms with Gasteiger partial charge in [0.15, 0.2) is 0 Å². The van der Waals surface area contributed by atoms with Gasteiger partial charge in [-0.2, -0.15) is 5.26 Å². The fraction of sp³-hybridized carbons (Fsp3) is 0.364. The standard InChI is InChI=1S/C11H14N2.ClH/c1-13-11(7-8-12)9-10-5-3-2-4-6-10;/h2-6,11,13H,7,9H2,1H3;1H. The van der Waals surface area contributed by atoms with E-state index >= 15 is 0 Å². The quantitative estimate of drug-likeness (QED) is 0.827. The van der Waals surface area contributed by atoms with Crippen molar-refractivity contribution in [2.45, 2.75) is 18.9 Å². The number of hydrogen-bond acceptors (Lipinski definition) is 2. The van der Waals surface area contributed by atoms with E-state index in [0.717, 1.165) is 6.42 Å². The Kier molecular flexibility index (Phi) is 6.82. The van der Waals surface area contributed by atoms with Crippen LogP contribution in [0.2, 0.25) is 0 Å². The van der Waals surface area contributed by atoms with Gasteiger partial charge >= 0.3 is 0 Å². The second-order valence-corrected chi connectivity index (χ2v) is 3.04. The monoisotopic (exact) mass is 210 g/mol.